The lowest BCUT2D eigenvalue weighted by Crippen LogP contribution is -2.47. The van der Waals surface area contributed by atoms with Crippen LogP contribution in [0.1, 0.15) is 19.8 Å². The molecule has 0 spiro atoms. The summed E-state index contributed by atoms with van der Waals surface area (Å²) >= 11 is 0. The third-order valence-corrected chi connectivity index (χ3v) is 5.06. The summed E-state index contributed by atoms with van der Waals surface area (Å²) in [6.07, 6.45) is 1.40. The first-order chi connectivity index (χ1) is 13.9. The van der Waals surface area contributed by atoms with Crippen LogP contribution < -0.4 is 5.76 Å². The van der Waals surface area contributed by atoms with Gasteiger partial charge in [0.2, 0.25) is 11.8 Å². The van der Waals surface area contributed by atoms with E-state index in [0.717, 1.165) is 0 Å². The van der Waals surface area contributed by atoms with Crippen LogP contribution in [0.2, 0.25) is 0 Å². The smallest absolute Gasteiger partial charge is 0.420 e. The van der Waals surface area contributed by atoms with Crippen LogP contribution in [0.3, 0.4) is 0 Å². The Morgan fingerprint density at radius 1 is 1.28 bits per heavy atom. The van der Waals surface area contributed by atoms with E-state index < -0.39 is 5.76 Å². The number of hydrogen-bond donors (Lipinski definition) is 0. The first-order valence-corrected chi connectivity index (χ1v) is 9.67. The van der Waals surface area contributed by atoms with E-state index in [1.165, 1.54) is 16.5 Å². The van der Waals surface area contributed by atoms with Crippen LogP contribution in [0.15, 0.2) is 33.5 Å². The first kappa shape index (κ1) is 20.6. The van der Waals surface area contributed by atoms with Gasteiger partial charge in [-0.05, 0) is 31.9 Å². The molecule has 3 rings (SSSR count). The summed E-state index contributed by atoms with van der Waals surface area (Å²) in [5.74, 6) is -1.86. The second-order valence-corrected chi connectivity index (χ2v) is 7.10. The topological polar surface area (TPSA) is 102 Å². The number of amides is 2. The van der Waals surface area contributed by atoms with Gasteiger partial charge in [0.1, 0.15) is 6.54 Å². The Morgan fingerprint density at radius 2 is 2.03 bits per heavy atom. The molecule has 0 radical (unpaired) electrons. The molecule has 1 aliphatic heterocycles. The van der Waals surface area contributed by atoms with Gasteiger partial charge in [0.25, 0.3) is 0 Å². The van der Waals surface area contributed by atoms with E-state index in [1.54, 1.807) is 36.1 Å². The van der Waals surface area contributed by atoms with E-state index in [1.807, 2.05) is 0 Å². The van der Waals surface area contributed by atoms with Gasteiger partial charge in [0, 0.05) is 20.1 Å². The number of rotatable bonds is 6. The van der Waals surface area contributed by atoms with E-state index in [2.05, 4.69) is 0 Å². The molecule has 1 unspecified atom stereocenters. The number of nitrogens with zero attached hydrogens (tertiary/aromatic N) is 3. The van der Waals surface area contributed by atoms with Gasteiger partial charge in [-0.1, -0.05) is 12.1 Å². The number of ether oxygens (including phenoxy) is 1. The molecule has 0 N–H and O–H groups in total. The first-order valence-electron chi connectivity index (χ1n) is 9.67. The van der Waals surface area contributed by atoms with E-state index in [-0.39, 0.29) is 36.8 Å². The number of likely N-dealkylation sites (tertiary alicyclic amines) is 1. The van der Waals surface area contributed by atoms with Crippen molar-refractivity contribution in [2.75, 3.05) is 33.3 Å². The maximum absolute atomic E-state index is 12.6. The van der Waals surface area contributed by atoms with Gasteiger partial charge in [-0.3, -0.25) is 19.0 Å². The predicted octanol–water partition coefficient (Wildman–Crippen LogP) is 0.855. The Morgan fingerprint density at radius 3 is 2.79 bits per heavy atom. The molecule has 1 saturated heterocycles. The van der Waals surface area contributed by atoms with Crippen molar-refractivity contribution in [3.8, 4) is 0 Å². The number of para-hydroxylation sites is 2. The van der Waals surface area contributed by atoms with Crippen LogP contribution in [0.5, 0.6) is 0 Å². The number of carbonyl (C=O) groups is 3. The summed E-state index contributed by atoms with van der Waals surface area (Å²) in [6.45, 7) is 2.56. The van der Waals surface area contributed by atoms with E-state index >= 15 is 0 Å². The summed E-state index contributed by atoms with van der Waals surface area (Å²) in [5, 5.41) is 0. The van der Waals surface area contributed by atoms with Crippen LogP contribution >= 0.6 is 0 Å². The predicted molar refractivity (Wildman–Crippen MR) is 104 cm³/mol. The summed E-state index contributed by atoms with van der Waals surface area (Å²) in [7, 11) is 1.51. The Hall–Kier alpha value is -3.10. The highest BCUT2D eigenvalue weighted by molar-refractivity contribution is 5.86. The highest BCUT2D eigenvalue weighted by atomic mass is 16.5. The Balaban J connectivity index is 1.60. The molecule has 1 atom stereocenters. The summed E-state index contributed by atoms with van der Waals surface area (Å²) in [5.41, 5.74) is 0.932. The molecule has 1 aliphatic rings. The molecular formula is C20H25N3O6. The zero-order valence-corrected chi connectivity index (χ0v) is 16.6. The standard InChI is InChI=1S/C20H25N3O6/c1-3-28-19(26)14-7-6-10-22(11-14)18(25)12-21(2)17(24)13-23-15-8-4-5-9-16(15)29-20(23)27/h4-5,8-9,14H,3,6-7,10-13H2,1-2H3. The summed E-state index contributed by atoms with van der Waals surface area (Å²) in [6, 6.07) is 6.84. The van der Waals surface area contributed by atoms with Crippen LogP contribution in [0, 0.1) is 5.92 Å². The van der Waals surface area contributed by atoms with Crippen LogP contribution in [-0.4, -0.2) is 65.4 Å². The molecule has 2 amide bonds. The Bertz CT molecular complexity index is 963. The van der Waals surface area contributed by atoms with Crippen LogP contribution in [0.4, 0.5) is 0 Å². The number of piperidine rings is 1. The number of benzene rings is 1. The summed E-state index contributed by atoms with van der Waals surface area (Å²) in [4.78, 5) is 52.0. The number of esters is 1. The highest BCUT2D eigenvalue weighted by Gasteiger charge is 2.30. The molecule has 0 bridgehead atoms. The molecule has 1 aromatic heterocycles. The van der Waals surface area contributed by atoms with Crippen molar-refractivity contribution in [3.05, 3.63) is 34.8 Å². The van der Waals surface area contributed by atoms with Gasteiger partial charge in [0.05, 0.1) is 24.6 Å². The third kappa shape index (κ3) is 4.67. The van der Waals surface area contributed by atoms with E-state index in [4.69, 9.17) is 9.15 Å². The second kappa shape index (κ2) is 8.93. The average Bonchev–Trinajstić information content (AvgIpc) is 3.03. The number of hydrogen-bond acceptors (Lipinski definition) is 6. The highest BCUT2D eigenvalue weighted by Crippen LogP contribution is 2.18. The maximum atomic E-state index is 12.6. The molecule has 1 fully saturated rings. The zero-order chi connectivity index (χ0) is 21.0. The average molecular weight is 403 g/mol. The van der Waals surface area contributed by atoms with Crippen LogP contribution in [0.25, 0.3) is 11.1 Å². The minimum absolute atomic E-state index is 0.126. The third-order valence-electron chi connectivity index (χ3n) is 5.06. The number of fused-ring (bicyclic) bond motifs is 1. The fourth-order valence-electron chi connectivity index (χ4n) is 3.47. The molecule has 2 aromatic rings. The molecule has 9 nitrogen and oxygen atoms in total. The fraction of sp³-hybridized carbons (Fsp3) is 0.500. The minimum atomic E-state index is -0.618. The minimum Gasteiger partial charge on any atom is -0.466 e. The molecular weight excluding hydrogens is 378 g/mol. The van der Waals surface area contributed by atoms with Crippen LogP contribution in [-0.2, 0) is 25.7 Å². The lowest BCUT2D eigenvalue weighted by Gasteiger charge is -2.32. The van der Waals surface area contributed by atoms with Gasteiger partial charge in [-0.15, -0.1) is 0 Å². The lowest BCUT2D eigenvalue weighted by molar-refractivity contribution is -0.152. The van der Waals surface area contributed by atoms with Crippen molar-refractivity contribution in [1.29, 1.82) is 0 Å². The van der Waals surface area contributed by atoms with Gasteiger partial charge in [-0.25, -0.2) is 4.79 Å². The number of likely N-dealkylation sites (N-methyl/N-ethyl adjacent to an activating group) is 1. The zero-order valence-electron chi connectivity index (χ0n) is 16.6. The second-order valence-electron chi connectivity index (χ2n) is 7.10. The van der Waals surface area contributed by atoms with Gasteiger partial charge in [0.15, 0.2) is 5.58 Å². The van der Waals surface area contributed by atoms with Crippen molar-refractivity contribution in [2.24, 2.45) is 5.92 Å². The number of oxazole rings is 1. The van der Waals surface area contributed by atoms with Crippen molar-refractivity contribution in [2.45, 2.75) is 26.3 Å². The SMILES string of the molecule is CCOC(=O)C1CCCN(C(=O)CN(C)C(=O)Cn2c(=O)oc3ccccc32)C1. The normalized spacial score (nSPS) is 16.6. The van der Waals surface area contributed by atoms with Gasteiger partial charge in [-0.2, -0.15) is 0 Å². The van der Waals surface area contributed by atoms with Crippen molar-refractivity contribution >= 4 is 28.9 Å². The Kier molecular flexibility index (Phi) is 6.36. The summed E-state index contributed by atoms with van der Waals surface area (Å²) < 4.78 is 11.4. The van der Waals surface area contributed by atoms with Crippen molar-refractivity contribution in [3.63, 3.8) is 0 Å². The molecule has 1 aromatic carbocycles. The largest absolute Gasteiger partial charge is 0.466 e. The fourth-order valence-corrected chi connectivity index (χ4v) is 3.47. The molecule has 0 aliphatic carbocycles. The number of carbonyl (C=O) groups excluding carboxylic acids is 3. The van der Waals surface area contributed by atoms with Gasteiger partial charge < -0.3 is 19.0 Å². The molecule has 2 heterocycles. The van der Waals surface area contributed by atoms with E-state index in [9.17, 15) is 19.2 Å². The number of aromatic nitrogens is 1. The molecule has 9 heteroatoms. The van der Waals surface area contributed by atoms with Crippen molar-refractivity contribution < 1.29 is 23.5 Å². The molecule has 0 saturated carbocycles. The maximum Gasteiger partial charge on any atom is 0.420 e. The quantitative estimate of drug-likeness (QED) is 0.663. The van der Waals surface area contributed by atoms with E-state index in [0.29, 0.717) is 43.6 Å². The molecule has 29 heavy (non-hydrogen) atoms. The molecule has 156 valence electrons. The lowest BCUT2D eigenvalue weighted by atomic mass is 9.98. The van der Waals surface area contributed by atoms with Gasteiger partial charge >= 0.3 is 11.7 Å². The Labute approximate surface area is 167 Å². The monoisotopic (exact) mass is 403 g/mol. The van der Waals surface area contributed by atoms with Crippen molar-refractivity contribution in [1.82, 2.24) is 14.4 Å².